The predicted molar refractivity (Wildman–Crippen MR) is 87.3 cm³/mol. The molecule has 1 fully saturated rings. The first kappa shape index (κ1) is 19.9. The zero-order valence-corrected chi connectivity index (χ0v) is 13.3. The quantitative estimate of drug-likeness (QED) is 0.570. The molecule has 21 heavy (non-hydrogen) atoms. The summed E-state index contributed by atoms with van der Waals surface area (Å²) in [6.07, 6.45) is 2.66. The molecule has 2 unspecified atom stereocenters. The summed E-state index contributed by atoms with van der Waals surface area (Å²) in [6.45, 7) is 1.88. The van der Waals surface area contributed by atoms with Gasteiger partial charge in [-0.2, -0.15) is 0 Å². The van der Waals surface area contributed by atoms with E-state index in [4.69, 9.17) is 0 Å². The summed E-state index contributed by atoms with van der Waals surface area (Å²) in [6, 6.07) is 5.45. The minimum Gasteiger partial charge on any atom is -0.392 e. The molecule has 0 bridgehead atoms. The number of nitrogens with zero attached hydrogens (tertiary/aromatic N) is 1. The molecule has 2 heterocycles. The second kappa shape index (κ2) is 10.6. The number of halogens is 2. The summed E-state index contributed by atoms with van der Waals surface area (Å²) >= 11 is 0. The van der Waals surface area contributed by atoms with Gasteiger partial charge in [0.15, 0.2) is 0 Å². The van der Waals surface area contributed by atoms with Crippen LogP contribution in [0.1, 0.15) is 12.8 Å². The number of β-amino-alcohol motifs (C(OH)–C–C–N with tert-alkyl or cyclic N) is 1. The lowest BCUT2D eigenvalue weighted by atomic mass is 10.2. The fourth-order valence-electron chi connectivity index (χ4n) is 2.02. The second-order valence-electron chi connectivity index (χ2n) is 4.64. The number of hydrogen-bond acceptors (Lipinski definition) is 5. The smallest absolute Gasteiger partial charge is 0.237 e. The van der Waals surface area contributed by atoms with E-state index in [2.05, 4.69) is 20.9 Å². The van der Waals surface area contributed by atoms with Gasteiger partial charge in [-0.15, -0.1) is 24.8 Å². The van der Waals surface area contributed by atoms with E-state index in [0.717, 1.165) is 18.8 Å². The largest absolute Gasteiger partial charge is 0.392 e. The average Bonchev–Trinajstić information content (AvgIpc) is 2.86. The van der Waals surface area contributed by atoms with Crippen molar-refractivity contribution < 1.29 is 9.90 Å². The van der Waals surface area contributed by atoms with Gasteiger partial charge in [0.05, 0.1) is 12.1 Å². The fraction of sp³-hybridized carbons (Fsp3) is 0.538. The molecule has 0 aromatic carbocycles. The van der Waals surface area contributed by atoms with Gasteiger partial charge >= 0.3 is 0 Å². The first-order valence-corrected chi connectivity index (χ1v) is 6.60. The number of nitrogens with one attached hydrogen (secondary N) is 3. The van der Waals surface area contributed by atoms with Gasteiger partial charge in [-0.3, -0.25) is 4.79 Å². The Morgan fingerprint density at radius 1 is 1.38 bits per heavy atom. The molecule has 0 aliphatic carbocycles. The van der Waals surface area contributed by atoms with Crippen molar-refractivity contribution >= 4 is 36.5 Å². The molecule has 4 N–H and O–H groups in total. The number of rotatable bonds is 6. The molecule has 1 amide bonds. The summed E-state index contributed by atoms with van der Waals surface area (Å²) in [5.41, 5.74) is 0. The van der Waals surface area contributed by atoms with E-state index < -0.39 is 6.10 Å². The normalized spacial score (nSPS) is 20.0. The molecule has 1 aliphatic heterocycles. The number of pyridine rings is 1. The number of aromatic nitrogens is 1. The van der Waals surface area contributed by atoms with Crippen molar-refractivity contribution in [2.75, 3.05) is 25.0 Å². The van der Waals surface area contributed by atoms with Crippen LogP contribution in [-0.2, 0) is 4.79 Å². The molecular formula is C13H22Cl2N4O2. The van der Waals surface area contributed by atoms with Crippen LogP contribution in [0.2, 0.25) is 0 Å². The van der Waals surface area contributed by atoms with Crippen LogP contribution in [0.5, 0.6) is 0 Å². The Balaban J connectivity index is 0.00000200. The molecule has 0 radical (unpaired) electrons. The third-order valence-corrected chi connectivity index (χ3v) is 3.05. The van der Waals surface area contributed by atoms with Gasteiger partial charge in [0.1, 0.15) is 5.82 Å². The number of hydrogen-bond donors (Lipinski definition) is 4. The van der Waals surface area contributed by atoms with Crippen molar-refractivity contribution in [2.24, 2.45) is 0 Å². The Bertz CT molecular complexity index is 408. The molecule has 1 aromatic heterocycles. The molecule has 1 aromatic rings. The van der Waals surface area contributed by atoms with Crippen molar-refractivity contribution in [3.05, 3.63) is 24.4 Å². The van der Waals surface area contributed by atoms with Gasteiger partial charge in [-0.25, -0.2) is 4.98 Å². The maximum absolute atomic E-state index is 11.7. The zero-order chi connectivity index (χ0) is 13.5. The minimum absolute atomic E-state index is 0. The Morgan fingerprint density at radius 3 is 2.81 bits per heavy atom. The lowest BCUT2D eigenvalue weighted by molar-refractivity contribution is -0.122. The molecule has 8 heteroatoms. The highest BCUT2D eigenvalue weighted by molar-refractivity contribution is 5.85. The molecular weight excluding hydrogens is 315 g/mol. The van der Waals surface area contributed by atoms with Gasteiger partial charge in [0, 0.05) is 25.8 Å². The van der Waals surface area contributed by atoms with E-state index in [0.29, 0.717) is 19.5 Å². The van der Waals surface area contributed by atoms with Crippen LogP contribution >= 0.6 is 24.8 Å². The maximum Gasteiger partial charge on any atom is 0.237 e. The highest BCUT2D eigenvalue weighted by Crippen LogP contribution is 2.05. The van der Waals surface area contributed by atoms with Gasteiger partial charge in [-0.05, 0) is 25.0 Å². The molecule has 120 valence electrons. The molecule has 2 rings (SSSR count). The molecule has 2 atom stereocenters. The van der Waals surface area contributed by atoms with Crippen LogP contribution in [0, 0.1) is 0 Å². The van der Waals surface area contributed by atoms with E-state index in [-0.39, 0.29) is 36.8 Å². The number of carbonyl (C=O) groups is 1. The highest BCUT2D eigenvalue weighted by atomic mass is 35.5. The Hall–Kier alpha value is -1.08. The van der Waals surface area contributed by atoms with Crippen molar-refractivity contribution in [2.45, 2.75) is 25.0 Å². The van der Waals surface area contributed by atoms with Crippen molar-refractivity contribution in [1.82, 2.24) is 15.6 Å². The number of anilines is 1. The lowest BCUT2D eigenvalue weighted by Crippen LogP contribution is -2.41. The Labute approximate surface area is 136 Å². The summed E-state index contributed by atoms with van der Waals surface area (Å²) in [5.74, 6) is 0.809. The lowest BCUT2D eigenvalue weighted by Gasteiger charge is -2.11. The fourth-order valence-corrected chi connectivity index (χ4v) is 2.02. The first-order chi connectivity index (χ1) is 9.25. The third kappa shape index (κ3) is 6.95. The average molecular weight is 337 g/mol. The maximum atomic E-state index is 11.7. The van der Waals surface area contributed by atoms with Gasteiger partial charge in [0.2, 0.25) is 5.91 Å². The standard InChI is InChI=1S/C13H20N4O2.2ClH/c18-10-8-11(17-9-10)13(19)16-7-3-6-15-12-4-1-2-5-14-12;;/h1-2,4-5,10-11,17-18H,3,6-9H2,(H,14,15)(H,16,19);2*1H. The highest BCUT2D eigenvalue weighted by Gasteiger charge is 2.27. The van der Waals surface area contributed by atoms with Crippen LogP contribution in [0.3, 0.4) is 0 Å². The van der Waals surface area contributed by atoms with E-state index in [1.54, 1.807) is 6.20 Å². The summed E-state index contributed by atoms with van der Waals surface area (Å²) in [5, 5.41) is 18.3. The van der Waals surface area contributed by atoms with Crippen LogP contribution in [0.25, 0.3) is 0 Å². The third-order valence-electron chi connectivity index (χ3n) is 3.05. The number of amides is 1. The minimum atomic E-state index is -0.401. The van der Waals surface area contributed by atoms with Crippen molar-refractivity contribution in [3.8, 4) is 0 Å². The van der Waals surface area contributed by atoms with E-state index in [9.17, 15) is 9.90 Å². The summed E-state index contributed by atoms with van der Waals surface area (Å²) < 4.78 is 0. The number of carbonyl (C=O) groups excluding carboxylic acids is 1. The molecule has 1 aliphatic rings. The second-order valence-corrected chi connectivity index (χ2v) is 4.64. The molecule has 1 saturated heterocycles. The van der Waals surface area contributed by atoms with Crippen molar-refractivity contribution in [1.29, 1.82) is 0 Å². The number of aliphatic hydroxyl groups is 1. The SMILES string of the molecule is Cl.Cl.O=C(NCCCNc1ccccn1)C1CC(O)CN1. The first-order valence-electron chi connectivity index (χ1n) is 6.60. The van der Waals surface area contributed by atoms with E-state index >= 15 is 0 Å². The molecule has 0 spiro atoms. The van der Waals surface area contributed by atoms with Crippen LogP contribution in [0.4, 0.5) is 5.82 Å². The summed E-state index contributed by atoms with van der Waals surface area (Å²) in [4.78, 5) is 15.9. The summed E-state index contributed by atoms with van der Waals surface area (Å²) in [7, 11) is 0. The number of aliphatic hydroxyl groups excluding tert-OH is 1. The van der Waals surface area contributed by atoms with E-state index in [1.807, 2.05) is 18.2 Å². The van der Waals surface area contributed by atoms with Crippen LogP contribution in [-0.4, -0.2) is 47.8 Å². The van der Waals surface area contributed by atoms with Crippen LogP contribution < -0.4 is 16.0 Å². The van der Waals surface area contributed by atoms with Gasteiger partial charge in [0.25, 0.3) is 0 Å². The molecule has 6 nitrogen and oxygen atoms in total. The molecule has 0 saturated carbocycles. The Kier molecular flexibility index (Phi) is 10.1. The van der Waals surface area contributed by atoms with Crippen LogP contribution in [0.15, 0.2) is 24.4 Å². The van der Waals surface area contributed by atoms with E-state index in [1.165, 1.54) is 0 Å². The topological polar surface area (TPSA) is 86.3 Å². The predicted octanol–water partition coefficient (Wildman–Crippen LogP) is 0.566. The van der Waals surface area contributed by atoms with Gasteiger partial charge in [-0.1, -0.05) is 6.07 Å². The van der Waals surface area contributed by atoms with Gasteiger partial charge < -0.3 is 21.1 Å². The zero-order valence-electron chi connectivity index (χ0n) is 11.6. The monoisotopic (exact) mass is 336 g/mol. The Morgan fingerprint density at radius 2 is 2.19 bits per heavy atom. The van der Waals surface area contributed by atoms with Crippen molar-refractivity contribution in [3.63, 3.8) is 0 Å².